The quantitative estimate of drug-likeness (QED) is 0.150. The van der Waals surface area contributed by atoms with Crippen molar-refractivity contribution in [3.8, 4) is 0 Å². The van der Waals surface area contributed by atoms with Gasteiger partial charge in [0, 0.05) is 36.1 Å². The summed E-state index contributed by atoms with van der Waals surface area (Å²) in [5, 5.41) is 0. The van der Waals surface area contributed by atoms with Crippen LogP contribution in [-0.4, -0.2) is 26.4 Å². The van der Waals surface area contributed by atoms with Crippen LogP contribution in [0.5, 0.6) is 0 Å². The van der Waals surface area contributed by atoms with E-state index in [1.807, 2.05) is 0 Å². The summed E-state index contributed by atoms with van der Waals surface area (Å²) < 4.78 is 15.9. The molecule has 0 unspecified atom stereocenters. The first-order valence-electron chi connectivity index (χ1n) is 12.0. The van der Waals surface area contributed by atoms with Crippen LogP contribution in [-0.2, 0) is 35.4 Å². The van der Waals surface area contributed by atoms with Crippen molar-refractivity contribution in [1.82, 2.24) is 0 Å². The highest BCUT2D eigenvalue weighted by molar-refractivity contribution is 8.93. The number of rotatable bonds is 13. The first-order valence-corrected chi connectivity index (χ1v) is 12.0. The number of benzene rings is 2. The van der Waals surface area contributed by atoms with Crippen molar-refractivity contribution in [3.05, 3.63) is 132 Å². The summed E-state index contributed by atoms with van der Waals surface area (Å²) in [6.07, 6.45) is 10.5. The van der Waals surface area contributed by atoms with Gasteiger partial charge in [-0.3, -0.25) is 0 Å². The first-order chi connectivity index (χ1) is 16.8. The normalized spacial score (nSPS) is 10.3. The SMILES string of the molecule is Br.Br.c1ccc(Cc2ccc[n+](CCOCCOCC[n+]3cccc(Cc4ccccc4)c3)c2)cc1. The molecule has 2 heterocycles. The molecule has 6 heteroatoms. The molecule has 4 aromatic rings. The molecule has 0 amide bonds. The Labute approximate surface area is 236 Å². The van der Waals surface area contributed by atoms with Crippen molar-refractivity contribution in [1.29, 1.82) is 0 Å². The second kappa shape index (κ2) is 17.1. The molecule has 0 bridgehead atoms. The molecule has 0 fully saturated rings. The lowest BCUT2D eigenvalue weighted by Gasteiger charge is -2.05. The summed E-state index contributed by atoms with van der Waals surface area (Å²) in [7, 11) is 0. The van der Waals surface area contributed by atoms with Crippen molar-refractivity contribution in [3.63, 3.8) is 0 Å². The second-order valence-corrected chi connectivity index (χ2v) is 8.45. The van der Waals surface area contributed by atoms with Crippen LogP contribution in [0.1, 0.15) is 22.3 Å². The molecule has 0 aliphatic heterocycles. The second-order valence-electron chi connectivity index (χ2n) is 8.45. The van der Waals surface area contributed by atoms with Gasteiger partial charge in [-0.1, -0.05) is 60.7 Å². The van der Waals surface area contributed by atoms with E-state index < -0.39 is 0 Å². The van der Waals surface area contributed by atoms with Gasteiger partial charge in [-0.05, 0) is 23.3 Å². The van der Waals surface area contributed by atoms with Crippen LogP contribution < -0.4 is 9.13 Å². The van der Waals surface area contributed by atoms with Gasteiger partial charge in [-0.15, -0.1) is 34.0 Å². The van der Waals surface area contributed by atoms with Crippen molar-refractivity contribution in [2.75, 3.05) is 26.4 Å². The molecule has 0 atom stereocenters. The van der Waals surface area contributed by atoms with E-state index >= 15 is 0 Å². The van der Waals surface area contributed by atoms with Crippen LogP contribution >= 0.6 is 34.0 Å². The van der Waals surface area contributed by atoms with E-state index in [0.29, 0.717) is 26.4 Å². The average Bonchev–Trinajstić information content (AvgIpc) is 2.87. The van der Waals surface area contributed by atoms with Gasteiger partial charge in [-0.25, -0.2) is 9.13 Å². The Hall–Kier alpha value is -2.38. The summed E-state index contributed by atoms with van der Waals surface area (Å²) in [6, 6.07) is 29.7. The van der Waals surface area contributed by atoms with Crippen LogP contribution in [0.2, 0.25) is 0 Å². The lowest BCUT2D eigenvalue weighted by Crippen LogP contribution is -2.36. The Morgan fingerprint density at radius 3 is 1.25 bits per heavy atom. The molecule has 0 aliphatic rings. The molecular formula is C30H36Br2N2O2+2. The fourth-order valence-corrected chi connectivity index (χ4v) is 3.96. The minimum absolute atomic E-state index is 0. The highest BCUT2D eigenvalue weighted by Gasteiger charge is 2.06. The minimum atomic E-state index is 0. The predicted octanol–water partition coefficient (Wildman–Crippen LogP) is 5.33. The predicted molar refractivity (Wildman–Crippen MR) is 154 cm³/mol. The van der Waals surface area contributed by atoms with Gasteiger partial charge < -0.3 is 9.47 Å². The third kappa shape index (κ3) is 10.7. The van der Waals surface area contributed by atoms with E-state index in [1.54, 1.807) is 0 Å². The van der Waals surface area contributed by atoms with Gasteiger partial charge in [0.05, 0.1) is 13.2 Å². The van der Waals surface area contributed by atoms with Crippen LogP contribution in [0, 0.1) is 0 Å². The van der Waals surface area contributed by atoms with Crippen LogP contribution in [0.3, 0.4) is 0 Å². The van der Waals surface area contributed by atoms with E-state index in [-0.39, 0.29) is 34.0 Å². The summed E-state index contributed by atoms with van der Waals surface area (Å²) in [5.41, 5.74) is 5.27. The fraction of sp³-hybridized carbons (Fsp3) is 0.267. The fourth-order valence-electron chi connectivity index (χ4n) is 3.96. The molecule has 190 valence electrons. The monoisotopic (exact) mass is 614 g/mol. The van der Waals surface area contributed by atoms with Gasteiger partial charge in [0.1, 0.15) is 13.2 Å². The number of hydrogen-bond donors (Lipinski definition) is 0. The number of halogens is 2. The van der Waals surface area contributed by atoms with E-state index in [2.05, 4.69) is 119 Å². The van der Waals surface area contributed by atoms with E-state index in [9.17, 15) is 0 Å². The zero-order valence-electron chi connectivity index (χ0n) is 20.6. The van der Waals surface area contributed by atoms with Crippen molar-refractivity contribution >= 4 is 34.0 Å². The Bertz CT molecular complexity index is 1040. The summed E-state index contributed by atoms with van der Waals surface area (Å²) in [6.45, 7) is 4.27. The third-order valence-corrected chi connectivity index (χ3v) is 5.70. The number of aromatic nitrogens is 2. The Balaban J connectivity index is 0.00000228. The third-order valence-electron chi connectivity index (χ3n) is 5.70. The molecule has 2 aromatic heterocycles. The molecular weight excluding hydrogens is 580 g/mol. The van der Waals surface area contributed by atoms with Crippen molar-refractivity contribution < 1.29 is 18.6 Å². The maximum absolute atomic E-state index is 5.78. The highest BCUT2D eigenvalue weighted by Crippen LogP contribution is 2.07. The maximum Gasteiger partial charge on any atom is 0.172 e. The number of pyridine rings is 2. The van der Waals surface area contributed by atoms with Crippen LogP contribution in [0.25, 0.3) is 0 Å². The molecule has 2 aromatic carbocycles. The largest absolute Gasteiger partial charge is 0.372 e. The Kier molecular flexibility index (Phi) is 14.2. The maximum atomic E-state index is 5.78. The zero-order chi connectivity index (χ0) is 23.3. The van der Waals surface area contributed by atoms with E-state index in [0.717, 1.165) is 25.9 Å². The minimum Gasteiger partial charge on any atom is -0.372 e. The number of nitrogens with zero attached hydrogens (tertiary/aromatic N) is 2. The molecule has 36 heavy (non-hydrogen) atoms. The van der Waals surface area contributed by atoms with E-state index in [1.165, 1.54) is 22.3 Å². The summed E-state index contributed by atoms with van der Waals surface area (Å²) in [4.78, 5) is 0. The standard InChI is InChI=1S/C30H34N2O2.2BrH/c1-3-9-27(10-4-1)23-29-13-7-15-31(25-29)17-19-33-21-22-34-20-18-32-16-8-14-30(26-32)24-28-11-5-2-6-12-28;;/h1-16,25-26H,17-24H2;2*1H/q+2;;. The lowest BCUT2D eigenvalue weighted by molar-refractivity contribution is -0.699. The zero-order valence-corrected chi connectivity index (χ0v) is 24.0. The van der Waals surface area contributed by atoms with Crippen molar-refractivity contribution in [2.45, 2.75) is 25.9 Å². The molecule has 0 radical (unpaired) electrons. The molecule has 4 rings (SSSR count). The Morgan fingerprint density at radius 1 is 0.444 bits per heavy atom. The van der Waals surface area contributed by atoms with Crippen LogP contribution in [0.4, 0.5) is 0 Å². The molecule has 0 N–H and O–H groups in total. The summed E-state index contributed by atoms with van der Waals surface area (Å²) >= 11 is 0. The van der Waals surface area contributed by atoms with Crippen LogP contribution in [0.15, 0.2) is 110 Å². The average molecular weight is 616 g/mol. The topological polar surface area (TPSA) is 26.2 Å². The molecule has 4 nitrogen and oxygen atoms in total. The number of hydrogen-bond acceptors (Lipinski definition) is 2. The lowest BCUT2D eigenvalue weighted by atomic mass is 10.1. The van der Waals surface area contributed by atoms with Crippen molar-refractivity contribution in [2.24, 2.45) is 0 Å². The van der Waals surface area contributed by atoms with Gasteiger partial charge in [0.15, 0.2) is 37.9 Å². The van der Waals surface area contributed by atoms with Gasteiger partial charge >= 0.3 is 0 Å². The Morgan fingerprint density at radius 2 is 0.833 bits per heavy atom. The molecule has 0 saturated heterocycles. The smallest absolute Gasteiger partial charge is 0.172 e. The number of ether oxygens (including phenoxy) is 2. The molecule has 0 saturated carbocycles. The van der Waals surface area contributed by atoms with Gasteiger partial charge in [0.25, 0.3) is 0 Å². The highest BCUT2D eigenvalue weighted by atomic mass is 79.9. The van der Waals surface area contributed by atoms with Gasteiger partial charge in [-0.2, -0.15) is 0 Å². The van der Waals surface area contributed by atoms with E-state index in [4.69, 9.17) is 9.47 Å². The van der Waals surface area contributed by atoms with Gasteiger partial charge in [0.2, 0.25) is 0 Å². The first kappa shape index (κ1) is 29.8. The molecule has 0 aliphatic carbocycles. The summed E-state index contributed by atoms with van der Waals surface area (Å²) in [5.74, 6) is 0. The molecule has 0 spiro atoms.